The van der Waals surface area contributed by atoms with E-state index >= 15 is 0 Å². The van der Waals surface area contributed by atoms with Crippen LogP contribution >= 0.6 is 0 Å². The number of rotatable bonds is 4. The minimum atomic E-state index is -2.91. The summed E-state index contributed by atoms with van der Waals surface area (Å²) in [7, 11) is 1.82. The van der Waals surface area contributed by atoms with Crippen molar-refractivity contribution in [3.05, 3.63) is 59.7 Å². The predicted molar refractivity (Wildman–Crippen MR) is 101 cm³/mol. The molecule has 28 heavy (non-hydrogen) atoms. The van der Waals surface area contributed by atoms with Gasteiger partial charge in [0.1, 0.15) is 23.3 Å². The van der Waals surface area contributed by atoms with E-state index in [9.17, 15) is 8.78 Å². The molecule has 3 heterocycles. The third-order valence-electron chi connectivity index (χ3n) is 4.85. The molecule has 0 saturated heterocycles. The molecule has 3 aromatic rings. The fourth-order valence-electron chi connectivity index (χ4n) is 3.58. The van der Waals surface area contributed by atoms with Gasteiger partial charge in [0.2, 0.25) is 5.95 Å². The van der Waals surface area contributed by atoms with Crippen molar-refractivity contribution in [1.82, 2.24) is 30.9 Å². The Labute approximate surface area is 159 Å². The summed E-state index contributed by atoms with van der Waals surface area (Å²) in [4.78, 5) is 11.9. The Balaban J connectivity index is 1.52. The first-order valence-electron chi connectivity index (χ1n) is 8.80. The number of anilines is 2. The average Bonchev–Trinajstić information content (AvgIpc) is 3.34. The molecular weight excluding hydrogens is 366 g/mol. The maximum atomic E-state index is 14.7. The number of hydrogen-bond acceptors (Lipinski definition) is 7. The highest BCUT2D eigenvalue weighted by atomic mass is 19.3. The van der Waals surface area contributed by atoms with Gasteiger partial charge in [-0.05, 0) is 17.2 Å². The van der Waals surface area contributed by atoms with Crippen molar-refractivity contribution in [3.63, 3.8) is 0 Å². The lowest BCUT2D eigenvalue weighted by molar-refractivity contribution is -0.00712. The van der Waals surface area contributed by atoms with E-state index in [4.69, 9.17) is 0 Å². The molecular formula is C18H18F2N8. The molecule has 10 heteroatoms. The number of halogens is 2. The van der Waals surface area contributed by atoms with Crippen LogP contribution in [0.3, 0.4) is 0 Å². The summed E-state index contributed by atoms with van der Waals surface area (Å²) in [6.45, 7) is 0. The number of benzene rings is 1. The molecule has 8 nitrogen and oxygen atoms in total. The van der Waals surface area contributed by atoms with E-state index in [0.29, 0.717) is 33.8 Å². The number of hydrogen-bond donors (Lipinski definition) is 5. The molecule has 0 fully saturated rings. The van der Waals surface area contributed by atoms with Gasteiger partial charge >= 0.3 is 0 Å². The molecule has 5 N–H and O–H groups in total. The highest BCUT2D eigenvalue weighted by Gasteiger charge is 2.47. The molecule has 0 saturated carbocycles. The zero-order chi connectivity index (χ0) is 19.3. The molecule has 0 unspecified atom stereocenters. The lowest BCUT2D eigenvalue weighted by Crippen LogP contribution is -2.34. The van der Waals surface area contributed by atoms with Gasteiger partial charge in [-0.3, -0.25) is 10.4 Å². The largest absolute Gasteiger partial charge is 0.357 e. The Hall–Kier alpha value is -3.40. The fourth-order valence-corrected chi connectivity index (χ4v) is 3.58. The number of aromatic nitrogens is 3. The van der Waals surface area contributed by atoms with E-state index in [1.54, 1.807) is 47.7 Å². The SMILES string of the molecule is CN1C=C(Nc2nc(N[C@@H]3c4ccccc4CC3(F)F)c3cc[nH]c3n2)NN1. The molecule has 1 atom stereocenters. The summed E-state index contributed by atoms with van der Waals surface area (Å²) in [5.74, 6) is -1.65. The molecule has 1 aliphatic carbocycles. The van der Waals surface area contributed by atoms with Crippen molar-refractivity contribution in [1.29, 1.82) is 0 Å². The van der Waals surface area contributed by atoms with E-state index in [-0.39, 0.29) is 12.4 Å². The smallest absolute Gasteiger partial charge is 0.275 e. The highest BCUT2D eigenvalue weighted by Crippen LogP contribution is 2.45. The van der Waals surface area contributed by atoms with E-state index in [1.165, 1.54) is 0 Å². The maximum absolute atomic E-state index is 14.7. The van der Waals surface area contributed by atoms with Crippen LogP contribution in [0.5, 0.6) is 0 Å². The summed E-state index contributed by atoms with van der Waals surface area (Å²) in [6, 6.07) is 7.64. The Morgan fingerprint density at radius 3 is 2.89 bits per heavy atom. The Morgan fingerprint density at radius 1 is 1.21 bits per heavy atom. The zero-order valence-electron chi connectivity index (χ0n) is 14.9. The van der Waals surface area contributed by atoms with Crippen LogP contribution in [-0.4, -0.2) is 32.9 Å². The standard InChI is InChI=1S/C18H18F2N8/c1-28-9-13(26-27-28)22-17-24-15-12(6-7-21-15)16(25-17)23-14-11-5-3-2-4-10(11)8-18(14,19)20/h2-7,9,14,26-27H,8H2,1H3,(H3,21,22,23,24,25)/t14-/m1/s1. The summed E-state index contributed by atoms with van der Waals surface area (Å²) in [5.41, 5.74) is 7.57. The van der Waals surface area contributed by atoms with Crippen LogP contribution < -0.4 is 21.6 Å². The summed E-state index contributed by atoms with van der Waals surface area (Å²) in [5, 5.41) is 8.36. The number of alkyl halides is 2. The van der Waals surface area contributed by atoms with Crippen LogP contribution in [0.4, 0.5) is 20.5 Å². The van der Waals surface area contributed by atoms with Crippen LogP contribution in [-0.2, 0) is 6.42 Å². The lowest BCUT2D eigenvalue weighted by Gasteiger charge is -2.22. The van der Waals surface area contributed by atoms with Gasteiger partial charge in [0.05, 0.1) is 11.6 Å². The summed E-state index contributed by atoms with van der Waals surface area (Å²) >= 11 is 0. The zero-order valence-corrected chi connectivity index (χ0v) is 14.9. The Bertz CT molecular complexity index is 1080. The van der Waals surface area contributed by atoms with Crippen molar-refractivity contribution in [2.45, 2.75) is 18.4 Å². The maximum Gasteiger partial charge on any atom is 0.275 e. The molecule has 1 aliphatic heterocycles. The number of fused-ring (bicyclic) bond motifs is 2. The van der Waals surface area contributed by atoms with E-state index in [1.807, 2.05) is 7.05 Å². The fraction of sp³-hybridized carbons (Fsp3) is 0.222. The third kappa shape index (κ3) is 2.78. The highest BCUT2D eigenvalue weighted by molar-refractivity contribution is 5.88. The number of nitrogens with zero attached hydrogens (tertiary/aromatic N) is 3. The number of hydrazine groups is 2. The normalized spacial score (nSPS) is 20.0. The van der Waals surface area contributed by atoms with Crippen LogP contribution in [0.25, 0.3) is 11.0 Å². The number of aromatic amines is 1. The monoisotopic (exact) mass is 384 g/mol. The van der Waals surface area contributed by atoms with Gasteiger partial charge < -0.3 is 15.6 Å². The van der Waals surface area contributed by atoms with Crippen molar-refractivity contribution in [2.24, 2.45) is 0 Å². The van der Waals surface area contributed by atoms with Crippen LogP contribution in [0.1, 0.15) is 17.2 Å². The molecule has 0 spiro atoms. The molecule has 1 aromatic carbocycles. The van der Waals surface area contributed by atoms with Crippen LogP contribution in [0.2, 0.25) is 0 Å². The summed E-state index contributed by atoms with van der Waals surface area (Å²) in [6.07, 6.45) is 3.19. The molecule has 5 rings (SSSR count). The van der Waals surface area contributed by atoms with Crippen LogP contribution in [0.15, 0.2) is 48.5 Å². The third-order valence-corrected chi connectivity index (χ3v) is 4.85. The van der Waals surface area contributed by atoms with Crippen molar-refractivity contribution in [3.8, 4) is 0 Å². The summed E-state index contributed by atoms with van der Waals surface area (Å²) < 4.78 is 29.4. The van der Waals surface area contributed by atoms with Crippen molar-refractivity contribution >= 4 is 22.8 Å². The predicted octanol–water partition coefficient (Wildman–Crippen LogP) is 2.47. The van der Waals surface area contributed by atoms with Gasteiger partial charge in [-0.1, -0.05) is 24.3 Å². The molecule has 2 aliphatic rings. The van der Waals surface area contributed by atoms with E-state index in [2.05, 4.69) is 36.5 Å². The van der Waals surface area contributed by atoms with Crippen molar-refractivity contribution in [2.75, 3.05) is 17.7 Å². The van der Waals surface area contributed by atoms with Crippen LogP contribution in [0, 0.1) is 0 Å². The lowest BCUT2D eigenvalue weighted by atomic mass is 10.1. The second-order valence-electron chi connectivity index (χ2n) is 6.87. The van der Waals surface area contributed by atoms with Crippen molar-refractivity contribution < 1.29 is 8.78 Å². The Morgan fingerprint density at radius 2 is 2.07 bits per heavy atom. The molecule has 0 bridgehead atoms. The quantitative estimate of drug-likeness (QED) is 0.472. The Kier molecular flexibility index (Phi) is 3.63. The molecule has 2 aromatic heterocycles. The topological polar surface area (TPSA) is 92.9 Å². The second-order valence-corrected chi connectivity index (χ2v) is 6.87. The number of nitrogens with one attached hydrogen (secondary N) is 5. The molecule has 144 valence electrons. The molecule has 0 radical (unpaired) electrons. The van der Waals surface area contributed by atoms with Gasteiger partial charge in [-0.25, -0.2) is 8.78 Å². The van der Waals surface area contributed by atoms with Gasteiger partial charge in [0.15, 0.2) is 0 Å². The first-order valence-corrected chi connectivity index (χ1v) is 8.80. The van der Waals surface area contributed by atoms with Gasteiger partial charge in [-0.2, -0.15) is 9.97 Å². The molecule has 0 amide bonds. The number of H-pyrrole nitrogens is 1. The first kappa shape index (κ1) is 16.8. The van der Waals surface area contributed by atoms with Gasteiger partial charge in [-0.15, -0.1) is 5.53 Å². The van der Waals surface area contributed by atoms with E-state index in [0.717, 1.165) is 0 Å². The van der Waals surface area contributed by atoms with E-state index < -0.39 is 12.0 Å². The average molecular weight is 384 g/mol. The second kappa shape index (κ2) is 6.06. The van der Waals surface area contributed by atoms with Gasteiger partial charge in [0.25, 0.3) is 5.92 Å². The first-order chi connectivity index (χ1) is 13.5. The van der Waals surface area contributed by atoms with Gasteiger partial charge in [0, 0.05) is 19.7 Å². The minimum Gasteiger partial charge on any atom is -0.357 e. The minimum absolute atomic E-state index is 0.280.